The number of rotatable bonds is 5. The molecular weight excluding hydrogens is 240 g/mol. The molecule has 100 valence electrons. The highest BCUT2D eigenvalue weighted by molar-refractivity contribution is 5.88. The summed E-state index contributed by atoms with van der Waals surface area (Å²) < 4.78 is 1.79. The quantitative estimate of drug-likeness (QED) is 0.897. The first kappa shape index (κ1) is 13.3. The summed E-state index contributed by atoms with van der Waals surface area (Å²) in [5.41, 5.74) is 3.45. The van der Waals surface area contributed by atoms with E-state index in [0.29, 0.717) is 12.1 Å². The second-order valence-corrected chi connectivity index (χ2v) is 4.71. The summed E-state index contributed by atoms with van der Waals surface area (Å²) in [6.07, 6.45) is 3.08. The van der Waals surface area contributed by atoms with E-state index in [1.165, 1.54) is 11.8 Å². The minimum atomic E-state index is -0.904. The zero-order chi connectivity index (χ0) is 13.8. The van der Waals surface area contributed by atoms with Gasteiger partial charge in [-0.05, 0) is 18.9 Å². The van der Waals surface area contributed by atoms with E-state index in [-0.39, 0.29) is 0 Å². The Bertz CT molecular complexity index is 588. The fourth-order valence-electron chi connectivity index (χ4n) is 2.21. The van der Waals surface area contributed by atoms with Crippen LogP contribution in [0.4, 0.5) is 0 Å². The monoisotopic (exact) mass is 258 g/mol. The molecule has 0 fully saturated rings. The van der Waals surface area contributed by atoms with Crippen molar-refractivity contribution in [2.45, 2.75) is 33.2 Å². The Morgan fingerprint density at radius 1 is 1.42 bits per heavy atom. The molecule has 1 aromatic heterocycles. The van der Waals surface area contributed by atoms with Gasteiger partial charge in [-0.2, -0.15) is 5.10 Å². The molecule has 4 heteroatoms. The summed E-state index contributed by atoms with van der Waals surface area (Å²) in [5.74, 6) is -0.904. The van der Waals surface area contributed by atoms with Crippen molar-refractivity contribution in [1.82, 2.24) is 9.78 Å². The van der Waals surface area contributed by atoms with Crippen LogP contribution in [0.15, 0.2) is 30.5 Å². The van der Waals surface area contributed by atoms with Crippen molar-refractivity contribution in [3.63, 3.8) is 0 Å². The molecule has 4 nitrogen and oxygen atoms in total. The third-order valence-electron chi connectivity index (χ3n) is 3.08. The summed E-state index contributed by atoms with van der Waals surface area (Å²) >= 11 is 0. The van der Waals surface area contributed by atoms with Crippen molar-refractivity contribution in [2.75, 3.05) is 0 Å². The van der Waals surface area contributed by atoms with Gasteiger partial charge in [-0.15, -0.1) is 0 Å². The van der Waals surface area contributed by atoms with Crippen molar-refractivity contribution in [3.05, 3.63) is 52.8 Å². The second kappa shape index (κ2) is 5.69. The molecule has 0 unspecified atom stereocenters. The van der Waals surface area contributed by atoms with Gasteiger partial charge in [0.15, 0.2) is 0 Å². The molecule has 1 heterocycles. The summed E-state index contributed by atoms with van der Waals surface area (Å²) in [6.45, 7) is 4.70. The van der Waals surface area contributed by atoms with Crippen LogP contribution in [0.3, 0.4) is 0 Å². The first-order chi connectivity index (χ1) is 9.11. The van der Waals surface area contributed by atoms with Gasteiger partial charge >= 0.3 is 5.97 Å². The van der Waals surface area contributed by atoms with Crippen LogP contribution < -0.4 is 0 Å². The number of hydrogen-bond acceptors (Lipinski definition) is 2. The predicted molar refractivity (Wildman–Crippen MR) is 73.5 cm³/mol. The van der Waals surface area contributed by atoms with Gasteiger partial charge in [0.05, 0.1) is 18.4 Å². The molecule has 0 aliphatic rings. The van der Waals surface area contributed by atoms with E-state index in [4.69, 9.17) is 5.11 Å². The molecule has 0 aliphatic heterocycles. The lowest BCUT2D eigenvalue weighted by Gasteiger charge is -2.08. The normalized spacial score (nSPS) is 10.6. The van der Waals surface area contributed by atoms with Crippen molar-refractivity contribution < 1.29 is 9.90 Å². The molecule has 0 radical (unpaired) electrons. The Labute approximate surface area is 112 Å². The average Bonchev–Trinajstić information content (AvgIpc) is 2.73. The third kappa shape index (κ3) is 3.02. The number of hydrogen-bond donors (Lipinski definition) is 1. The van der Waals surface area contributed by atoms with Gasteiger partial charge < -0.3 is 5.11 Å². The first-order valence-corrected chi connectivity index (χ1v) is 6.45. The molecular formula is C15H18N2O2. The smallest absolute Gasteiger partial charge is 0.339 e. The lowest BCUT2D eigenvalue weighted by molar-refractivity contribution is 0.0695. The van der Waals surface area contributed by atoms with Crippen molar-refractivity contribution in [2.24, 2.45) is 0 Å². The number of aromatic carboxylic acids is 1. The number of carboxylic acid groups (broad SMARTS) is 1. The maximum Gasteiger partial charge on any atom is 0.339 e. The Morgan fingerprint density at radius 2 is 2.21 bits per heavy atom. The Morgan fingerprint density at radius 3 is 2.84 bits per heavy atom. The number of benzene rings is 1. The molecule has 0 saturated carbocycles. The van der Waals surface area contributed by atoms with Gasteiger partial charge in [-0.1, -0.05) is 43.2 Å². The average molecular weight is 258 g/mol. The molecule has 1 N–H and O–H groups in total. The van der Waals surface area contributed by atoms with Crippen molar-refractivity contribution >= 4 is 5.97 Å². The van der Waals surface area contributed by atoms with Gasteiger partial charge in [0.2, 0.25) is 0 Å². The van der Waals surface area contributed by atoms with Gasteiger partial charge in [-0.3, -0.25) is 4.68 Å². The fraction of sp³-hybridized carbons (Fsp3) is 0.333. The third-order valence-corrected chi connectivity index (χ3v) is 3.08. The largest absolute Gasteiger partial charge is 0.478 e. The molecule has 0 spiro atoms. The van der Waals surface area contributed by atoms with Crippen LogP contribution >= 0.6 is 0 Å². The van der Waals surface area contributed by atoms with E-state index in [1.54, 1.807) is 4.68 Å². The van der Waals surface area contributed by atoms with Crippen LogP contribution in [0.5, 0.6) is 0 Å². The van der Waals surface area contributed by atoms with E-state index < -0.39 is 5.97 Å². The lowest BCUT2D eigenvalue weighted by atomic mass is 10.1. The van der Waals surface area contributed by atoms with E-state index in [9.17, 15) is 4.79 Å². The van der Waals surface area contributed by atoms with E-state index in [2.05, 4.69) is 11.2 Å². The minimum absolute atomic E-state index is 0.314. The van der Waals surface area contributed by atoms with Crippen LogP contribution in [0, 0.1) is 6.92 Å². The van der Waals surface area contributed by atoms with E-state index in [0.717, 1.165) is 24.1 Å². The fourth-order valence-corrected chi connectivity index (χ4v) is 2.21. The predicted octanol–water partition coefficient (Wildman–Crippen LogP) is 2.89. The first-order valence-electron chi connectivity index (χ1n) is 6.45. The molecule has 1 aromatic carbocycles. The lowest BCUT2D eigenvalue weighted by Crippen LogP contribution is -2.09. The van der Waals surface area contributed by atoms with Crippen LogP contribution in [-0.2, 0) is 13.0 Å². The number of carboxylic acids is 1. The summed E-state index contributed by atoms with van der Waals surface area (Å²) in [6, 6.07) is 8.18. The zero-order valence-electron chi connectivity index (χ0n) is 11.3. The Balaban J connectivity index is 2.32. The summed E-state index contributed by atoms with van der Waals surface area (Å²) in [4.78, 5) is 11.2. The van der Waals surface area contributed by atoms with E-state index >= 15 is 0 Å². The highest BCUT2D eigenvalue weighted by atomic mass is 16.4. The number of aryl methyl sites for hydroxylation is 1. The van der Waals surface area contributed by atoms with Crippen LogP contribution in [0.2, 0.25) is 0 Å². The molecule has 0 aliphatic carbocycles. The second-order valence-electron chi connectivity index (χ2n) is 4.71. The molecule has 2 rings (SSSR count). The number of nitrogens with zero attached hydrogens (tertiary/aromatic N) is 2. The van der Waals surface area contributed by atoms with Gasteiger partial charge in [-0.25, -0.2) is 4.79 Å². The van der Waals surface area contributed by atoms with Crippen LogP contribution in [0.25, 0.3) is 0 Å². The SMILES string of the molecule is CCCc1c(C(=O)O)cnn1Cc1cccc(C)c1. The van der Waals surface area contributed by atoms with Crippen molar-refractivity contribution in [1.29, 1.82) is 0 Å². The van der Waals surface area contributed by atoms with E-state index in [1.807, 2.05) is 32.0 Å². The van der Waals surface area contributed by atoms with Crippen molar-refractivity contribution in [3.8, 4) is 0 Å². The molecule has 2 aromatic rings. The molecule has 0 bridgehead atoms. The molecule has 0 atom stereocenters. The topological polar surface area (TPSA) is 55.1 Å². The molecule has 0 saturated heterocycles. The van der Waals surface area contributed by atoms with Gasteiger partial charge in [0.25, 0.3) is 0 Å². The maximum atomic E-state index is 11.2. The molecule has 0 amide bonds. The standard InChI is InChI=1S/C15H18N2O2/c1-3-5-14-13(15(18)19)9-16-17(14)10-12-7-4-6-11(2)8-12/h4,6-9H,3,5,10H2,1-2H3,(H,18,19). The Hall–Kier alpha value is -2.10. The highest BCUT2D eigenvalue weighted by Crippen LogP contribution is 2.14. The van der Waals surface area contributed by atoms with Crippen LogP contribution in [0.1, 0.15) is 40.5 Å². The van der Waals surface area contributed by atoms with Gasteiger partial charge in [0, 0.05) is 0 Å². The number of aromatic nitrogens is 2. The number of carbonyl (C=O) groups is 1. The highest BCUT2D eigenvalue weighted by Gasteiger charge is 2.15. The zero-order valence-corrected chi connectivity index (χ0v) is 11.3. The van der Waals surface area contributed by atoms with Crippen LogP contribution in [-0.4, -0.2) is 20.9 Å². The summed E-state index contributed by atoms with van der Waals surface area (Å²) in [7, 11) is 0. The minimum Gasteiger partial charge on any atom is -0.478 e. The molecule has 19 heavy (non-hydrogen) atoms. The Kier molecular flexibility index (Phi) is 4.00. The maximum absolute atomic E-state index is 11.2. The summed E-state index contributed by atoms with van der Waals surface area (Å²) in [5, 5.41) is 13.4. The van der Waals surface area contributed by atoms with Gasteiger partial charge in [0.1, 0.15) is 5.56 Å².